The van der Waals surface area contributed by atoms with Crippen molar-refractivity contribution in [2.45, 2.75) is 13.0 Å². The molecule has 0 spiro atoms. The zero-order valence-electron chi connectivity index (χ0n) is 11.9. The minimum Gasteiger partial charge on any atom is -0.469 e. The summed E-state index contributed by atoms with van der Waals surface area (Å²) in [4.78, 5) is 11.0. The second-order valence-corrected chi connectivity index (χ2v) is 6.15. The maximum atomic E-state index is 12.0. The quantitative estimate of drug-likeness (QED) is 0.734. The van der Waals surface area contributed by atoms with E-state index < -0.39 is 16.2 Å². The van der Waals surface area contributed by atoms with Gasteiger partial charge in [0.15, 0.2) is 0 Å². The highest BCUT2D eigenvalue weighted by Gasteiger charge is 2.18. The number of nitriles is 1. The Hall–Kier alpha value is -1.95. The lowest BCUT2D eigenvalue weighted by Crippen LogP contribution is -2.38. The third-order valence-electron chi connectivity index (χ3n) is 2.78. The highest BCUT2D eigenvalue weighted by atomic mass is 32.2. The molecule has 0 aliphatic carbocycles. The van der Waals surface area contributed by atoms with E-state index in [0.717, 1.165) is 4.31 Å². The van der Waals surface area contributed by atoms with Gasteiger partial charge in [0.1, 0.15) is 0 Å². The van der Waals surface area contributed by atoms with Gasteiger partial charge in [-0.15, -0.1) is 0 Å². The van der Waals surface area contributed by atoms with Crippen LogP contribution < -0.4 is 4.72 Å². The van der Waals surface area contributed by atoms with E-state index in [4.69, 9.17) is 5.26 Å². The molecule has 0 amide bonds. The molecular formula is C13H17N3O4S. The molecule has 8 heteroatoms. The summed E-state index contributed by atoms with van der Waals surface area (Å²) in [6.07, 6.45) is -0.0160. The smallest absolute Gasteiger partial charge is 0.306 e. The van der Waals surface area contributed by atoms with E-state index in [1.807, 2.05) is 6.07 Å². The molecule has 1 rings (SSSR count). The maximum absolute atomic E-state index is 12.0. The lowest BCUT2D eigenvalue weighted by Gasteiger charge is -2.17. The molecule has 0 radical (unpaired) electrons. The van der Waals surface area contributed by atoms with Gasteiger partial charge in [0, 0.05) is 20.1 Å². The number of ether oxygens (including phenoxy) is 1. The minimum atomic E-state index is -3.69. The summed E-state index contributed by atoms with van der Waals surface area (Å²) in [5.41, 5.74) is 1.14. The number of nitrogens with one attached hydrogen (secondary N) is 1. The number of nitrogens with zero attached hydrogens (tertiary/aromatic N) is 2. The number of hydrogen-bond acceptors (Lipinski definition) is 5. The fourth-order valence-corrected chi connectivity index (χ4v) is 2.41. The SMILES string of the molecule is COC(=O)CCN(C)S(=O)(=O)NCc1cccc(C#N)c1. The predicted molar refractivity (Wildman–Crippen MR) is 76.2 cm³/mol. The average Bonchev–Trinajstić information content (AvgIpc) is 2.50. The summed E-state index contributed by atoms with van der Waals surface area (Å²) >= 11 is 0. The third kappa shape index (κ3) is 5.51. The number of rotatable bonds is 7. The van der Waals surface area contributed by atoms with E-state index in [1.54, 1.807) is 24.3 Å². The summed E-state index contributed by atoms with van der Waals surface area (Å²) in [5.74, 6) is -0.473. The van der Waals surface area contributed by atoms with Crippen LogP contribution in [0, 0.1) is 11.3 Å². The molecule has 0 atom stereocenters. The summed E-state index contributed by atoms with van der Waals surface area (Å²) < 4.78 is 31.8. The highest BCUT2D eigenvalue weighted by molar-refractivity contribution is 7.87. The van der Waals surface area contributed by atoms with Crippen LogP contribution >= 0.6 is 0 Å². The van der Waals surface area contributed by atoms with Crippen LogP contribution in [0.15, 0.2) is 24.3 Å². The topological polar surface area (TPSA) is 99.5 Å². The van der Waals surface area contributed by atoms with Crippen molar-refractivity contribution in [3.63, 3.8) is 0 Å². The summed E-state index contributed by atoms with van der Waals surface area (Å²) in [6, 6.07) is 8.64. The second-order valence-electron chi connectivity index (χ2n) is 4.29. The van der Waals surface area contributed by atoms with E-state index in [9.17, 15) is 13.2 Å². The van der Waals surface area contributed by atoms with E-state index in [2.05, 4.69) is 9.46 Å². The maximum Gasteiger partial charge on any atom is 0.306 e. The van der Waals surface area contributed by atoms with Crippen LogP contribution in [0.5, 0.6) is 0 Å². The number of methoxy groups -OCH3 is 1. The van der Waals surface area contributed by atoms with Crippen molar-refractivity contribution in [1.29, 1.82) is 5.26 Å². The molecule has 7 nitrogen and oxygen atoms in total. The molecule has 0 heterocycles. The highest BCUT2D eigenvalue weighted by Crippen LogP contribution is 2.05. The van der Waals surface area contributed by atoms with Crippen molar-refractivity contribution in [2.75, 3.05) is 20.7 Å². The van der Waals surface area contributed by atoms with Crippen molar-refractivity contribution in [1.82, 2.24) is 9.03 Å². The Bertz CT molecular complexity index is 637. The summed E-state index contributed by atoms with van der Waals surface area (Å²) in [7, 11) is -1.07. The van der Waals surface area contributed by atoms with Crippen LogP contribution in [0.1, 0.15) is 17.5 Å². The molecule has 0 aliphatic heterocycles. The monoisotopic (exact) mass is 311 g/mol. The first-order chi connectivity index (χ1) is 9.89. The molecule has 0 unspecified atom stereocenters. The van der Waals surface area contributed by atoms with E-state index in [-0.39, 0.29) is 19.5 Å². The Morgan fingerprint density at radius 3 is 2.81 bits per heavy atom. The van der Waals surface area contributed by atoms with Crippen molar-refractivity contribution < 1.29 is 17.9 Å². The van der Waals surface area contributed by atoms with Gasteiger partial charge in [-0.1, -0.05) is 12.1 Å². The van der Waals surface area contributed by atoms with Crippen molar-refractivity contribution >= 4 is 16.2 Å². The third-order valence-corrected chi connectivity index (χ3v) is 4.30. The van der Waals surface area contributed by atoms with Gasteiger partial charge >= 0.3 is 5.97 Å². The Morgan fingerprint density at radius 1 is 1.48 bits per heavy atom. The second kappa shape index (κ2) is 7.73. The molecule has 0 aromatic heterocycles. The Labute approximate surface area is 124 Å². The molecule has 0 saturated heterocycles. The minimum absolute atomic E-state index is 0.0160. The molecule has 1 aromatic carbocycles. The first kappa shape index (κ1) is 17.1. The van der Waals surface area contributed by atoms with Crippen molar-refractivity contribution in [3.05, 3.63) is 35.4 Å². The Kier molecular flexibility index (Phi) is 6.30. The van der Waals surface area contributed by atoms with Crippen LogP contribution in [0.2, 0.25) is 0 Å². The van der Waals surface area contributed by atoms with Crippen molar-refractivity contribution in [2.24, 2.45) is 0 Å². The number of hydrogen-bond donors (Lipinski definition) is 1. The van der Waals surface area contributed by atoms with Gasteiger partial charge in [0.05, 0.1) is 25.2 Å². The normalized spacial score (nSPS) is 11.1. The van der Waals surface area contributed by atoms with Crippen LogP contribution in [0.4, 0.5) is 0 Å². The largest absolute Gasteiger partial charge is 0.469 e. The number of carbonyl (C=O) groups is 1. The molecule has 1 N–H and O–H groups in total. The van der Waals surface area contributed by atoms with Crippen LogP contribution in [-0.2, 0) is 26.3 Å². The van der Waals surface area contributed by atoms with Gasteiger partial charge in [0.25, 0.3) is 10.2 Å². The van der Waals surface area contributed by atoms with E-state index >= 15 is 0 Å². The van der Waals surface area contributed by atoms with Crippen molar-refractivity contribution in [3.8, 4) is 6.07 Å². The van der Waals surface area contributed by atoms with Gasteiger partial charge in [-0.2, -0.15) is 22.7 Å². The van der Waals surface area contributed by atoms with Gasteiger partial charge in [-0.05, 0) is 17.7 Å². The molecule has 0 aliphatic rings. The first-order valence-electron chi connectivity index (χ1n) is 6.16. The lowest BCUT2D eigenvalue weighted by molar-refractivity contribution is -0.140. The zero-order chi connectivity index (χ0) is 15.9. The molecule has 1 aromatic rings. The fourth-order valence-electron chi connectivity index (χ4n) is 1.51. The number of benzene rings is 1. The number of esters is 1. The molecule has 0 fully saturated rings. The summed E-state index contributed by atoms with van der Waals surface area (Å²) in [5, 5.41) is 8.78. The number of carbonyl (C=O) groups excluding carboxylic acids is 1. The molecular weight excluding hydrogens is 294 g/mol. The Balaban J connectivity index is 2.59. The zero-order valence-corrected chi connectivity index (χ0v) is 12.7. The van der Waals surface area contributed by atoms with E-state index in [0.29, 0.717) is 11.1 Å². The van der Waals surface area contributed by atoms with Gasteiger partial charge in [0.2, 0.25) is 0 Å². The first-order valence-corrected chi connectivity index (χ1v) is 7.60. The lowest BCUT2D eigenvalue weighted by atomic mass is 10.1. The van der Waals surface area contributed by atoms with Gasteiger partial charge in [-0.3, -0.25) is 4.79 Å². The molecule has 114 valence electrons. The average molecular weight is 311 g/mol. The van der Waals surface area contributed by atoms with Crippen LogP contribution in [0.3, 0.4) is 0 Å². The van der Waals surface area contributed by atoms with Gasteiger partial charge in [-0.25, -0.2) is 0 Å². The molecule has 21 heavy (non-hydrogen) atoms. The summed E-state index contributed by atoms with van der Waals surface area (Å²) in [6.45, 7) is 0.0979. The Morgan fingerprint density at radius 2 is 2.19 bits per heavy atom. The molecule has 0 saturated carbocycles. The molecule has 0 bridgehead atoms. The standard InChI is InChI=1S/C13H17N3O4S/c1-16(7-6-13(17)20-2)21(18,19)15-10-12-5-3-4-11(8-12)9-14/h3-5,8,15H,6-7,10H2,1-2H3. The van der Waals surface area contributed by atoms with E-state index in [1.165, 1.54) is 14.2 Å². The predicted octanol–water partition coefficient (Wildman–Crippen LogP) is 0.388. The fraction of sp³-hybridized carbons (Fsp3) is 0.385. The van der Waals surface area contributed by atoms with Gasteiger partial charge < -0.3 is 4.74 Å². The van der Waals surface area contributed by atoms with Crippen LogP contribution in [-0.4, -0.2) is 39.4 Å². The van der Waals surface area contributed by atoms with Crippen LogP contribution in [0.25, 0.3) is 0 Å².